The molecule has 0 saturated carbocycles. The largest absolute Gasteiger partial charge is 0.323 e. The Balaban J connectivity index is 3.17. The van der Waals surface area contributed by atoms with Crippen molar-refractivity contribution in [2.24, 2.45) is 0 Å². The number of halogens is 1. The summed E-state index contributed by atoms with van der Waals surface area (Å²) in [6.45, 7) is 0. The molecule has 0 aliphatic carbocycles. The molecule has 0 spiro atoms. The zero-order valence-corrected chi connectivity index (χ0v) is 7.12. The van der Waals surface area contributed by atoms with Gasteiger partial charge in [0.25, 0.3) is 5.69 Å². The van der Waals surface area contributed by atoms with Gasteiger partial charge in [0, 0.05) is 11.1 Å². The number of nitrogens with zero attached hydrogens (tertiary/aromatic N) is 1. The molecule has 0 saturated heterocycles. The summed E-state index contributed by atoms with van der Waals surface area (Å²) in [7, 11) is 0. The van der Waals surface area contributed by atoms with Crippen molar-refractivity contribution in [2.45, 2.75) is 0 Å². The Bertz CT molecular complexity index is 354. The van der Waals surface area contributed by atoms with Crippen molar-refractivity contribution in [1.82, 2.24) is 0 Å². The molecule has 0 fully saturated rings. The first-order chi connectivity index (χ1) is 6.15. The molecule has 6 heteroatoms. The number of nitro benzene ring substituents is 1. The van der Waals surface area contributed by atoms with Gasteiger partial charge in [-0.25, -0.2) is 0 Å². The normalized spacial score (nSPS) is 9.31. The summed E-state index contributed by atoms with van der Waals surface area (Å²) in [5.74, 6) is 0. The lowest BCUT2D eigenvalue weighted by Gasteiger charge is -2.00. The highest BCUT2D eigenvalue weighted by atomic mass is 35.5. The SMILES string of the molecule is O=CNc1cc(Cl)ccc1[N+](=O)[O-]. The minimum atomic E-state index is -0.595. The third-order valence-corrected chi connectivity index (χ3v) is 1.60. The Morgan fingerprint density at radius 3 is 2.77 bits per heavy atom. The van der Waals surface area contributed by atoms with Crippen LogP contribution in [0.15, 0.2) is 18.2 Å². The molecule has 1 aromatic carbocycles. The minimum Gasteiger partial charge on any atom is -0.323 e. The average Bonchev–Trinajstić information content (AvgIpc) is 2.04. The van der Waals surface area contributed by atoms with E-state index in [9.17, 15) is 14.9 Å². The first-order valence-electron chi connectivity index (χ1n) is 3.29. The quantitative estimate of drug-likeness (QED) is 0.460. The molecule has 1 amide bonds. The summed E-state index contributed by atoms with van der Waals surface area (Å²) in [5, 5.41) is 12.9. The van der Waals surface area contributed by atoms with Gasteiger partial charge in [0.1, 0.15) is 5.69 Å². The number of hydrogen-bond donors (Lipinski definition) is 1. The highest BCUT2D eigenvalue weighted by molar-refractivity contribution is 6.31. The zero-order chi connectivity index (χ0) is 9.84. The fourth-order valence-corrected chi connectivity index (χ4v) is 1.02. The monoisotopic (exact) mass is 200 g/mol. The maximum absolute atomic E-state index is 10.4. The topological polar surface area (TPSA) is 72.2 Å². The second kappa shape index (κ2) is 3.86. The molecule has 0 heterocycles. The van der Waals surface area contributed by atoms with Gasteiger partial charge in [-0.3, -0.25) is 14.9 Å². The highest BCUT2D eigenvalue weighted by Gasteiger charge is 2.12. The van der Waals surface area contributed by atoms with E-state index in [2.05, 4.69) is 5.32 Å². The Hall–Kier alpha value is -1.62. The van der Waals surface area contributed by atoms with Crippen molar-refractivity contribution in [3.8, 4) is 0 Å². The van der Waals surface area contributed by atoms with E-state index < -0.39 is 4.92 Å². The number of amides is 1. The van der Waals surface area contributed by atoms with Gasteiger partial charge in [0.15, 0.2) is 0 Å². The molecule has 0 unspecified atom stereocenters. The molecule has 0 atom stereocenters. The maximum Gasteiger partial charge on any atom is 0.292 e. The van der Waals surface area contributed by atoms with Crippen molar-refractivity contribution in [2.75, 3.05) is 5.32 Å². The molecule has 13 heavy (non-hydrogen) atoms. The van der Waals surface area contributed by atoms with Crippen LogP contribution in [0.4, 0.5) is 11.4 Å². The van der Waals surface area contributed by atoms with Crippen molar-refractivity contribution in [3.05, 3.63) is 33.3 Å². The molecule has 1 aromatic rings. The second-order valence-corrected chi connectivity index (χ2v) is 2.62. The van der Waals surface area contributed by atoms with Crippen LogP contribution < -0.4 is 5.32 Å². The van der Waals surface area contributed by atoms with Crippen molar-refractivity contribution >= 4 is 29.4 Å². The predicted octanol–water partition coefficient (Wildman–Crippen LogP) is 1.82. The van der Waals surface area contributed by atoms with Crippen molar-refractivity contribution in [1.29, 1.82) is 0 Å². The van der Waals surface area contributed by atoms with Gasteiger partial charge in [-0.1, -0.05) is 11.6 Å². The summed E-state index contributed by atoms with van der Waals surface area (Å²) >= 11 is 5.58. The molecule has 1 rings (SSSR count). The van der Waals surface area contributed by atoms with Crippen LogP contribution in [-0.4, -0.2) is 11.3 Å². The van der Waals surface area contributed by atoms with Gasteiger partial charge in [-0.2, -0.15) is 0 Å². The van der Waals surface area contributed by atoms with Crippen LogP contribution in [0.3, 0.4) is 0 Å². The third kappa shape index (κ3) is 2.16. The predicted molar refractivity (Wildman–Crippen MR) is 47.8 cm³/mol. The molecule has 68 valence electrons. The van der Waals surface area contributed by atoms with Gasteiger partial charge in [0.2, 0.25) is 6.41 Å². The molecule has 0 bridgehead atoms. The smallest absolute Gasteiger partial charge is 0.292 e. The lowest BCUT2D eigenvalue weighted by Crippen LogP contribution is -1.98. The Morgan fingerprint density at radius 1 is 1.54 bits per heavy atom. The number of nitrogens with one attached hydrogen (secondary N) is 1. The third-order valence-electron chi connectivity index (χ3n) is 1.37. The number of nitro groups is 1. The zero-order valence-electron chi connectivity index (χ0n) is 6.36. The number of carbonyl (C=O) groups excluding carboxylic acids is 1. The summed E-state index contributed by atoms with van der Waals surface area (Å²) in [6, 6.07) is 3.93. The van der Waals surface area contributed by atoms with E-state index in [1.807, 2.05) is 0 Å². The Kier molecular flexibility index (Phi) is 2.81. The average molecular weight is 201 g/mol. The maximum atomic E-state index is 10.4. The molecule has 0 aromatic heterocycles. The van der Waals surface area contributed by atoms with E-state index in [-0.39, 0.29) is 11.4 Å². The van der Waals surface area contributed by atoms with Crippen LogP contribution in [0, 0.1) is 10.1 Å². The second-order valence-electron chi connectivity index (χ2n) is 2.18. The fourth-order valence-electron chi connectivity index (χ4n) is 0.847. The molecular formula is C7H5ClN2O3. The van der Waals surface area contributed by atoms with Crippen molar-refractivity contribution < 1.29 is 9.72 Å². The summed E-state index contributed by atoms with van der Waals surface area (Å²) in [4.78, 5) is 19.9. The molecule has 0 aliphatic rings. The molecule has 5 nitrogen and oxygen atoms in total. The van der Waals surface area contributed by atoms with Crippen LogP contribution in [0.25, 0.3) is 0 Å². The van der Waals surface area contributed by atoms with Crippen LogP contribution in [-0.2, 0) is 4.79 Å². The summed E-state index contributed by atoms with van der Waals surface area (Å²) < 4.78 is 0. The van der Waals surface area contributed by atoms with Crippen LogP contribution in [0.2, 0.25) is 5.02 Å². The van der Waals surface area contributed by atoms with E-state index in [1.54, 1.807) is 0 Å². The van der Waals surface area contributed by atoms with Gasteiger partial charge < -0.3 is 5.32 Å². The standard InChI is InChI=1S/C7H5ClN2O3/c8-5-1-2-7(10(12)13)6(3-5)9-4-11/h1-4H,(H,9,11). The highest BCUT2D eigenvalue weighted by Crippen LogP contribution is 2.26. The van der Waals surface area contributed by atoms with E-state index in [0.717, 1.165) is 0 Å². The minimum absolute atomic E-state index is 0.0903. The van der Waals surface area contributed by atoms with Gasteiger partial charge in [0.05, 0.1) is 4.92 Å². The lowest BCUT2D eigenvalue weighted by atomic mass is 10.3. The van der Waals surface area contributed by atoms with Gasteiger partial charge in [-0.05, 0) is 12.1 Å². The Morgan fingerprint density at radius 2 is 2.23 bits per heavy atom. The molecular weight excluding hydrogens is 196 g/mol. The van der Waals surface area contributed by atoms with Gasteiger partial charge in [-0.15, -0.1) is 0 Å². The number of anilines is 1. The van der Waals surface area contributed by atoms with Crippen LogP contribution in [0.1, 0.15) is 0 Å². The van der Waals surface area contributed by atoms with E-state index in [4.69, 9.17) is 11.6 Å². The first-order valence-corrected chi connectivity index (χ1v) is 3.67. The summed E-state index contributed by atoms with van der Waals surface area (Å²) in [6.07, 6.45) is 0.360. The molecule has 0 aliphatic heterocycles. The Labute approximate surface area is 78.5 Å². The summed E-state index contributed by atoms with van der Waals surface area (Å²) in [5.41, 5.74) is -0.0935. The van der Waals surface area contributed by atoms with Gasteiger partial charge >= 0.3 is 0 Å². The van der Waals surface area contributed by atoms with E-state index in [0.29, 0.717) is 11.4 Å². The molecule has 0 radical (unpaired) electrons. The number of hydrogen-bond acceptors (Lipinski definition) is 3. The van der Waals surface area contributed by atoms with E-state index in [1.165, 1.54) is 18.2 Å². The molecule has 1 N–H and O–H groups in total. The van der Waals surface area contributed by atoms with Crippen molar-refractivity contribution in [3.63, 3.8) is 0 Å². The lowest BCUT2D eigenvalue weighted by molar-refractivity contribution is -0.383. The van der Waals surface area contributed by atoms with Crippen LogP contribution >= 0.6 is 11.6 Å². The van der Waals surface area contributed by atoms with E-state index >= 15 is 0 Å². The number of carbonyl (C=O) groups is 1. The fraction of sp³-hybridized carbons (Fsp3) is 0. The number of rotatable bonds is 3. The number of benzene rings is 1. The first kappa shape index (κ1) is 9.47. The van der Waals surface area contributed by atoms with Crippen LogP contribution in [0.5, 0.6) is 0 Å².